The fourth-order valence-electron chi connectivity index (χ4n) is 9.84. The van der Waals surface area contributed by atoms with Gasteiger partial charge in [-0.3, -0.25) is 4.79 Å². The second-order valence-corrected chi connectivity index (χ2v) is 16.7. The maximum absolute atomic E-state index is 14.8. The molecule has 0 aromatic heterocycles. The Morgan fingerprint density at radius 3 is 2.36 bits per heavy atom. The molecule has 4 aromatic rings. The molecule has 2 aliphatic heterocycles. The molecule has 3 N–H and O–H groups in total. The van der Waals surface area contributed by atoms with Crippen LogP contribution in [0, 0.1) is 17.8 Å². The van der Waals surface area contributed by atoms with Crippen LogP contribution in [0.3, 0.4) is 0 Å². The van der Waals surface area contributed by atoms with E-state index in [9.17, 15) is 19.8 Å². The van der Waals surface area contributed by atoms with Gasteiger partial charge in [0.1, 0.15) is 24.1 Å². The van der Waals surface area contributed by atoms with Gasteiger partial charge in [0.25, 0.3) is 5.91 Å². The second kappa shape index (κ2) is 20.6. The lowest BCUT2D eigenvalue weighted by Crippen LogP contribution is -2.69. The van der Waals surface area contributed by atoms with Gasteiger partial charge in [0, 0.05) is 50.3 Å². The number of nitrogens with zero attached hydrogens (tertiary/aromatic N) is 2. The summed E-state index contributed by atoms with van der Waals surface area (Å²) >= 11 is 0. The minimum atomic E-state index is -1.46. The SMILES string of the molecule is C=CCO[C@@]12Oc3ccc(OC(=O)NCc4ccccc4)cc3[C@H]3[C@H](CCCCO)[C@@H](CCCCO)C=C(C(=NOCc4ccccc4)C[C@@H]1N(C)C(=O)c1ccc4c(c1)OCO4)[C@H]32. The maximum Gasteiger partial charge on any atom is 0.412 e. The average molecular weight is 872 g/mol. The number of fused-ring (bicyclic) bond motifs is 3. The summed E-state index contributed by atoms with van der Waals surface area (Å²) in [5, 5.41) is 27.6. The number of aliphatic hydroxyl groups excluding tert-OH is 2. The molecule has 336 valence electrons. The fraction of sp³-hybridized carbons (Fsp3) is 0.392. The molecule has 6 atom stereocenters. The highest BCUT2D eigenvalue weighted by molar-refractivity contribution is 6.03. The summed E-state index contributed by atoms with van der Waals surface area (Å²) in [7, 11) is 1.76. The molecule has 4 aromatic carbocycles. The van der Waals surface area contributed by atoms with Gasteiger partial charge in [-0.1, -0.05) is 90.8 Å². The minimum Gasteiger partial charge on any atom is -0.459 e. The van der Waals surface area contributed by atoms with Crippen LogP contribution in [0.15, 0.2) is 127 Å². The fourth-order valence-corrected chi connectivity index (χ4v) is 9.84. The Labute approximate surface area is 374 Å². The van der Waals surface area contributed by atoms with E-state index < -0.39 is 23.8 Å². The van der Waals surface area contributed by atoms with E-state index in [4.69, 9.17) is 33.7 Å². The quantitative estimate of drug-likeness (QED) is 0.0476. The summed E-state index contributed by atoms with van der Waals surface area (Å²) in [6.07, 6.45) is 7.96. The highest BCUT2D eigenvalue weighted by atomic mass is 16.7. The van der Waals surface area contributed by atoms with Crippen LogP contribution in [0.25, 0.3) is 0 Å². The molecule has 2 heterocycles. The van der Waals surface area contributed by atoms with Gasteiger partial charge in [0.15, 0.2) is 11.5 Å². The van der Waals surface area contributed by atoms with Crippen LogP contribution in [0.5, 0.6) is 23.0 Å². The number of ether oxygens (including phenoxy) is 5. The first-order valence-corrected chi connectivity index (χ1v) is 22.2. The lowest BCUT2D eigenvalue weighted by Gasteiger charge is -2.59. The number of nitrogens with one attached hydrogen (secondary N) is 1. The van der Waals surface area contributed by atoms with Crippen LogP contribution in [0.2, 0.25) is 0 Å². The van der Waals surface area contributed by atoms with E-state index in [1.807, 2.05) is 72.8 Å². The number of carbonyl (C=O) groups is 2. The van der Waals surface area contributed by atoms with Crippen molar-refractivity contribution in [2.75, 3.05) is 33.7 Å². The number of rotatable bonds is 19. The number of likely N-dealkylation sites (N-methyl/N-ethyl adjacent to an activating group) is 1. The van der Waals surface area contributed by atoms with E-state index in [1.54, 1.807) is 42.3 Å². The molecule has 64 heavy (non-hydrogen) atoms. The molecule has 4 aliphatic rings. The summed E-state index contributed by atoms with van der Waals surface area (Å²) in [6.45, 7) is 4.87. The number of oxime groups is 1. The van der Waals surface area contributed by atoms with Crippen molar-refractivity contribution in [2.45, 2.75) is 75.8 Å². The molecule has 0 saturated heterocycles. The Morgan fingerprint density at radius 2 is 1.61 bits per heavy atom. The molecule has 0 radical (unpaired) electrons. The second-order valence-electron chi connectivity index (χ2n) is 16.7. The summed E-state index contributed by atoms with van der Waals surface area (Å²) < 4.78 is 31.5. The molecule has 0 spiro atoms. The third kappa shape index (κ3) is 9.52. The first-order chi connectivity index (χ1) is 31.3. The van der Waals surface area contributed by atoms with Gasteiger partial charge >= 0.3 is 6.09 Å². The van der Waals surface area contributed by atoms with Crippen molar-refractivity contribution in [3.8, 4) is 23.0 Å². The molecule has 0 unspecified atom stereocenters. The van der Waals surface area contributed by atoms with Crippen molar-refractivity contribution in [1.82, 2.24) is 10.2 Å². The molecule has 1 fully saturated rings. The van der Waals surface area contributed by atoms with Gasteiger partial charge < -0.3 is 49.0 Å². The standard InChI is InChI=1S/C51H57N3O10/c1-3-26-61-51-46(54(2)49(57)37-20-22-44-45(28-37)60-33-59-44)30-42(53-62-32-35-16-8-5-9-17-35)40-27-36(18-10-12-24-55)39(19-11-13-25-56)47(48(40)51)41-29-38(21-23-43(41)64-51)63-50(58)52-31-34-14-6-4-7-15-34/h3-9,14-17,20-23,27-29,36,39,46-48,55-56H,1,10-13,18-19,24-26,30-33H2,2H3,(H,52,58)/t36-,39+,46-,47+,48+,51+/m0/s1. The highest BCUT2D eigenvalue weighted by Gasteiger charge is 2.65. The molecule has 8 rings (SSSR count). The number of hydrogen-bond acceptors (Lipinski definition) is 11. The number of benzene rings is 4. The van der Waals surface area contributed by atoms with Crippen LogP contribution in [-0.4, -0.2) is 78.3 Å². The van der Waals surface area contributed by atoms with E-state index >= 15 is 0 Å². The van der Waals surface area contributed by atoms with E-state index in [2.05, 4.69) is 18.0 Å². The van der Waals surface area contributed by atoms with Gasteiger partial charge in [-0.25, -0.2) is 4.79 Å². The molecular formula is C51H57N3O10. The van der Waals surface area contributed by atoms with E-state index in [0.29, 0.717) is 53.7 Å². The smallest absolute Gasteiger partial charge is 0.412 e. The predicted molar refractivity (Wildman–Crippen MR) is 240 cm³/mol. The molecular weight excluding hydrogens is 815 g/mol. The summed E-state index contributed by atoms with van der Waals surface area (Å²) in [6, 6.07) is 29.3. The van der Waals surface area contributed by atoms with E-state index in [1.165, 1.54) is 0 Å². The van der Waals surface area contributed by atoms with E-state index in [0.717, 1.165) is 47.9 Å². The van der Waals surface area contributed by atoms with Crippen LogP contribution in [0.1, 0.15) is 77.9 Å². The third-order valence-electron chi connectivity index (χ3n) is 12.8. The summed E-state index contributed by atoms with van der Waals surface area (Å²) in [5.41, 5.74) is 4.69. The predicted octanol–water partition coefficient (Wildman–Crippen LogP) is 8.31. The number of amides is 2. The number of allylic oxidation sites excluding steroid dienone is 1. The Kier molecular flexibility index (Phi) is 14.3. The van der Waals surface area contributed by atoms with Gasteiger partial charge in [-0.15, -0.1) is 6.58 Å². The van der Waals surface area contributed by atoms with Gasteiger partial charge in [-0.05, 0) is 90.6 Å². The highest BCUT2D eigenvalue weighted by Crippen LogP contribution is 2.62. The van der Waals surface area contributed by atoms with Gasteiger partial charge in [0.2, 0.25) is 12.6 Å². The number of unbranched alkanes of at least 4 members (excludes halogenated alkanes) is 2. The largest absolute Gasteiger partial charge is 0.459 e. The number of carbonyl (C=O) groups excluding carboxylic acids is 2. The van der Waals surface area contributed by atoms with E-state index in [-0.39, 0.29) is 63.3 Å². The lowest BCUT2D eigenvalue weighted by atomic mass is 9.55. The molecule has 13 nitrogen and oxygen atoms in total. The third-order valence-corrected chi connectivity index (χ3v) is 12.8. The average Bonchev–Trinajstić information content (AvgIpc) is 3.80. The molecule has 13 heteroatoms. The van der Waals surface area contributed by atoms with Crippen molar-refractivity contribution >= 4 is 17.7 Å². The van der Waals surface area contributed by atoms with Crippen molar-refractivity contribution in [2.24, 2.45) is 22.9 Å². The summed E-state index contributed by atoms with van der Waals surface area (Å²) in [5.74, 6) is -0.648. The van der Waals surface area contributed by atoms with Crippen molar-refractivity contribution in [1.29, 1.82) is 0 Å². The summed E-state index contributed by atoms with van der Waals surface area (Å²) in [4.78, 5) is 35.9. The molecule has 1 saturated carbocycles. The monoisotopic (exact) mass is 871 g/mol. The first-order valence-electron chi connectivity index (χ1n) is 22.2. The Hall–Kier alpha value is -6.15. The zero-order chi connectivity index (χ0) is 44.5. The van der Waals surface area contributed by atoms with Crippen molar-refractivity contribution in [3.63, 3.8) is 0 Å². The minimum absolute atomic E-state index is 0.0180. The Balaban J connectivity index is 1.26. The van der Waals surface area contributed by atoms with Crippen LogP contribution >= 0.6 is 0 Å². The van der Waals surface area contributed by atoms with Crippen LogP contribution < -0.4 is 24.3 Å². The lowest BCUT2D eigenvalue weighted by molar-refractivity contribution is -0.252. The zero-order valence-electron chi connectivity index (χ0n) is 36.2. The number of aliphatic hydroxyl groups is 2. The topological polar surface area (TPSA) is 158 Å². The van der Waals surface area contributed by atoms with Gasteiger partial charge in [-0.2, -0.15) is 0 Å². The Bertz CT molecular complexity index is 2320. The zero-order valence-corrected chi connectivity index (χ0v) is 36.2. The maximum atomic E-state index is 14.8. The van der Waals surface area contributed by atoms with Crippen molar-refractivity contribution in [3.05, 3.63) is 144 Å². The molecule has 2 amide bonds. The van der Waals surface area contributed by atoms with Crippen molar-refractivity contribution < 1.29 is 48.3 Å². The van der Waals surface area contributed by atoms with Crippen LogP contribution in [0.4, 0.5) is 4.79 Å². The Morgan fingerprint density at radius 1 is 0.891 bits per heavy atom. The number of hydrogen-bond donors (Lipinski definition) is 3. The molecule has 2 aliphatic carbocycles. The van der Waals surface area contributed by atoms with Gasteiger partial charge in [0.05, 0.1) is 18.2 Å². The van der Waals surface area contributed by atoms with Crippen LogP contribution in [-0.2, 0) is 22.7 Å². The normalized spacial score (nSPS) is 23.2. The molecule has 0 bridgehead atoms. The first kappa shape index (κ1) is 44.5.